The lowest BCUT2D eigenvalue weighted by Crippen LogP contribution is -2.23. The summed E-state index contributed by atoms with van der Waals surface area (Å²) in [5, 5.41) is 3.48. The lowest BCUT2D eigenvalue weighted by Gasteiger charge is -2.10. The first-order valence-electron chi connectivity index (χ1n) is 5.78. The van der Waals surface area contributed by atoms with Crippen molar-refractivity contribution in [2.75, 3.05) is 0 Å². The topological polar surface area (TPSA) is 12.0 Å². The summed E-state index contributed by atoms with van der Waals surface area (Å²) < 4.78 is 0. The Balaban J connectivity index is 2.38. The van der Waals surface area contributed by atoms with Crippen LogP contribution in [-0.2, 0) is 6.54 Å². The zero-order chi connectivity index (χ0) is 11.8. The highest BCUT2D eigenvalue weighted by atomic mass is 14.9. The molecule has 0 aliphatic heterocycles. The van der Waals surface area contributed by atoms with E-state index in [1.807, 2.05) is 12.1 Å². The van der Waals surface area contributed by atoms with Crippen LogP contribution in [0.4, 0.5) is 0 Å². The zero-order valence-corrected chi connectivity index (χ0v) is 10.2. The average Bonchev–Trinajstić information content (AvgIpc) is 2.28. The van der Waals surface area contributed by atoms with Gasteiger partial charge in [-0.25, -0.2) is 0 Å². The van der Waals surface area contributed by atoms with Gasteiger partial charge in [0, 0.05) is 12.6 Å². The molecule has 0 unspecified atom stereocenters. The number of hydrogen-bond acceptors (Lipinski definition) is 1. The van der Waals surface area contributed by atoms with Crippen LogP contribution in [0.3, 0.4) is 0 Å². The molecule has 1 aromatic rings. The highest BCUT2D eigenvalue weighted by molar-refractivity contribution is 5.15. The van der Waals surface area contributed by atoms with Crippen LogP contribution in [0.25, 0.3) is 0 Å². The minimum atomic E-state index is 0.403. The molecule has 0 spiro atoms. The van der Waals surface area contributed by atoms with E-state index in [1.54, 1.807) is 0 Å². The van der Waals surface area contributed by atoms with E-state index in [4.69, 9.17) is 0 Å². The van der Waals surface area contributed by atoms with Gasteiger partial charge in [0.2, 0.25) is 0 Å². The molecule has 1 heteroatoms. The van der Waals surface area contributed by atoms with Crippen LogP contribution in [0.2, 0.25) is 0 Å². The Morgan fingerprint density at radius 3 is 2.69 bits per heavy atom. The summed E-state index contributed by atoms with van der Waals surface area (Å²) in [6, 6.07) is 10.9. The van der Waals surface area contributed by atoms with Gasteiger partial charge in [-0.15, -0.1) is 6.58 Å². The van der Waals surface area contributed by atoms with Crippen LogP contribution < -0.4 is 5.32 Å². The largest absolute Gasteiger partial charge is 0.307 e. The van der Waals surface area contributed by atoms with E-state index in [2.05, 4.69) is 56.1 Å². The lowest BCUT2D eigenvalue weighted by molar-refractivity contribution is 0.629. The third-order valence-electron chi connectivity index (χ3n) is 2.47. The molecule has 0 radical (unpaired) electrons. The Bertz CT molecular complexity index is 338. The second-order valence-corrected chi connectivity index (χ2v) is 4.16. The molecule has 0 aromatic heterocycles. The minimum absolute atomic E-state index is 0.403. The van der Waals surface area contributed by atoms with Crippen molar-refractivity contribution in [3.05, 3.63) is 60.2 Å². The molecule has 0 bridgehead atoms. The van der Waals surface area contributed by atoms with Gasteiger partial charge in [0.05, 0.1) is 0 Å². The number of hydrogen-bond donors (Lipinski definition) is 1. The molecule has 1 aromatic carbocycles. The molecule has 0 saturated heterocycles. The van der Waals surface area contributed by atoms with Crippen molar-refractivity contribution in [2.45, 2.75) is 32.9 Å². The van der Waals surface area contributed by atoms with Crippen LogP contribution in [0.5, 0.6) is 0 Å². The summed E-state index contributed by atoms with van der Waals surface area (Å²) in [6.07, 6.45) is 5.16. The Morgan fingerprint density at radius 1 is 1.38 bits per heavy atom. The van der Waals surface area contributed by atoms with E-state index < -0.39 is 0 Å². The van der Waals surface area contributed by atoms with Crippen molar-refractivity contribution in [1.29, 1.82) is 0 Å². The summed E-state index contributed by atoms with van der Waals surface area (Å²) in [5.41, 5.74) is 2.69. The van der Waals surface area contributed by atoms with E-state index in [1.165, 1.54) is 11.1 Å². The summed E-state index contributed by atoms with van der Waals surface area (Å²) in [4.78, 5) is 0. The first-order valence-corrected chi connectivity index (χ1v) is 5.78. The summed E-state index contributed by atoms with van der Waals surface area (Å²) in [7, 11) is 0. The molecular formula is C15H21N. The molecular weight excluding hydrogens is 194 g/mol. The van der Waals surface area contributed by atoms with Gasteiger partial charge in [-0.3, -0.25) is 0 Å². The van der Waals surface area contributed by atoms with Crippen LogP contribution >= 0.6 is 0 Å². The highest BCUT2D eigenvalue weighted by Crippen LogP contribution is 2.03. The van der Waals surface area contributed by atoms with Crippen molar-refractivity contribution in [1.82, 2.24) is 5.32 Å². The predicted molar refractivity (Wildman–Crippen MR) is 71.3 cm³/mol. The highest BCUT2D eigenvalue weighted by Gasteiger charge is 1.97. The van der Waals surface area contributed by atoms with Crippen molar-refractivity contribution < 1.29 is 0 Å². The summed E-state index contributed by atoms with van der Waals surface area (Å²) in [6.45, 7) is 8.97. The van der Waals surface area contributed by atoms with Gasteiger partial charge in [-0.2, -0.15) is 0 Å². The monoisotopic (exact) mass is 215 g/mol. The minimum Gasteiger partial charge on any atom is -0.307 e. The summed E-state index contributed by atoms with van der Waals surface area (Å²) >= 11 is 0. The molecule has 0 heterocycles. The first-order chi connectivity index (χ1) is 7.72. The number of benzene rings is 1. The van der Waals surface area contributed by atoms with E-state index in [9.17, 15) is 0 Å². The van der Waals surface area contributed by atoms with Gasteiger partial charge < -0.3 is 5.32 Å². The smallest absolute Gasteiger partial charge is 0.0227 e. The molecule has 0 amide bonds. The maximum atomic E-state index is 3.74. The van der Waals surface area contributed by atoms with Crippen molar-refractivity contribution in [2.24, 2.45) is 0 Å². The van der Waals surface area contributed by atoms with Crippen molar-refractivity contribution >= 4 is 0 Å². The SMILES string of the molecule is C=CC/C(C)=C\[C@@H](C)NCc1ccccc1. The molecule has 1 nitrogen and oxygen atoms in total. The van der Waals surface area contributed by atoms with Crippen LogP contribution in [-0.4, -0.2) is 6.04 Å². The fourth-order valence-electron chi connectivity index (χ4n) is 1.66. The lowest BCUT2D eigenvalue weighted by atomic mass is 10.1. The quantitative estimate of drug-likeness (QED) is 0.714. The average molecular weight is 215 g/mol. The fraction of sp³-hybridized carbons (Fsp3) is 0.333. The Morgan fingerprint density at radius 2 is 2.06 bits per heavy atom. The van der Waals surface area contributed by atoms with E-state index in [0.717, 1.165) is 13.0 Å². The van der Waals surface area contributed by atoms with Gasteiger partial charge in [-0.1, -0.05) is 48.1 Å². The maximum Gasteiger partial charge on any atom is 0.0227 e. The molecule has 0 saturated carbocycles. The zero-order valence-electron chi connectivity index (χ0n) is 10.2. The molecule has 86 valence electrons. The van der Waals surface area contributed by atoms with Gasteiger partial charge in [0.15, 0.2) is 0 Å². The molecule has 0 aliphatic rings. The van der Waals surface area contributed by atoms with Gasteiger partial charge in [-0.05, 0) is 25.8 Å². The van der Waals surface area contributed by atoms with E-state index in [-0.39, 0.29) is 0 Å². The predicted octanol–water partition coefficient (Wildman–Crippen LogP) is 3.69. The molecule has 16 heavy (non-hydrogen) atoms. The van der Waals surface area contributed by atoms with Crippen molar-refractivity contribution in [3.63, 3.8) is 0 Å². The second-order valence-electron chi connectivity index (χ2n) is 4.16. The molecule has 1 rings (SSSR count). The number of allylic oxidation sites excluding steroid dienone is 2. The Kier molecular flexibility index (Phi) is 5.58. The number of rotatable bonds is 6. The standard InChI is InChI=1S/C15H21N/c1-4-8-13(2)11-14(3)16-12-15-9-6-5-7-10-15/h4-7,9-11,14,16H,1,8,12H2,2-3H3/b13-11-/t14-/m1/s1. The number of nitrogens with one attached hydrogen (secondary N) is 1. The summed E-state index contributed by atoms with van der Waals surface area (Å²) in [5.74, 6) is 0. The van der Waals surface area contributed by atoms with E-state index in [0.29, 0.717) is 6.04 Å². The molecule has 0 aliphatic carbocycles. The van der Waals surface area contributed by atoms with Crippen LogP contribution in [0, 0.1) is 0 Å². The van der Waals surface area contributed by atoms with Crippen molar-refractivity contribution in [3.8, 4) is 0 Å². The third kappa shape index (κ3) is 4.94. The van der Waals surface area contributed by atoms with Gasteiger partial charge in [0.25, 0.3) is 0 Å². The van der Waals surface area contributed by atoms with E-state index >= 15 is 0 Å². The first kappa shape index (κ1) is 12.7. The fourth-order valence-corrected chi connectivity index (χ4v) is 1.66. The van der Waals surface area contributed by atoms with Crippen LogP contribution in [0.15, 0.2) is 54.6 Å². The second kappa shape index (κ2) is 7.02. The normalized spacial score (nSPS) is 13.5. The molecule has 1 atom stereocenters. The van der Waals surface area contributed by atoms with Gasteiger partial charge >= 0.3 is 0 Å². The third-order valence-corrected chi connectivity index (χ3v) is 2.47. The molecule has 1 N–H and O–H groups in total. The maximum absolute atomic E-state index is 3.74. The van der Waals surface area contributed by atoms with Crippen LogP contribution in [0.1, 0.15) is 25.8 Å². The Labute approximate surface area is 98.9 Å². The van der Waals surface area contributed by atoms with Gasteiger partial charge in [0.1, 0.15) is 0 Å². The Hall–Kier alpha value is -1.34. The molecule has 0 fully saturated rings.